The summed E-state index contributed by atoms with van der Waals surface area (Å²) in [5.41, 5.74) is 8.91. The summed E-state index contributed by atoms with van der Waals surface area (Å²) in [6.07, 6.45) is 6.18. The number of thioether (sulfide) groups is 1. The number of anilines is 1. The molecule has 3 atom stereocenters. The molecule has 0 bridgehead atoms. The van der Waals surface area contributed by atoms with Crippen molar-refractivity contribution in [2.45, 2.75) is 49.7 Å². The number of aromatic nitrogens is 2. The summed E-state index contributed by atoms with van der Waals surface area (Å²) in [6, 6.07) is 2.09. The number of carbonyl (C=O) groups excluding carboxylic acids is 2. The number of nitrogens with zero attached hydrogens (tertiary/aromatic N) is 4. The van der Waals surface area contributed by atoms with E-state index < -0.39 is 35.2 Å². The van der Waals surface area contributed by atoms with Crippen LogP contribution < -0.4 is 15.6 Å². The number of rotatable bonds is 7. The van der Waals surface area contributed by atoms with Gasteiger partial charge in [-0.3, -0.25) is 9.59 Å². The molecule has 1 aliphatic carbocycles. The van der Waals surface area contributed by atoms with Gasteiger partial charge in [0, 0.05) is 29.0 Å². The number of amides is 2. The van der Waals surface area contributed by atoms with Gasteiger partial charge in [-0.1, -0.05) is 5.16 Å². The van der Waals surface area contributed by atoms with Gasteiger partial charge in [-0.15, -0.1) is 23.1 Å². The monoisotopic (exact) mass is 529 g/mol. The number of thiazole rings is 1. The van der Waals surface area contributed by atoms with Crippen LogP contribution in [-0.4, -0.2) is 63.1 Å². The predicted octanol–water partition coefficient (Wildman–Crippen LogP) is 0.679. The summed E-state index contributed by atoms with van der Waals surface area (Å²) < 4.78 is 2.09. The first-order valence-electron chi connectivity index (χ1n) is 11.4. The highest BCUT2D eigenvalue weighted by molar-refractivity contribution is 8.02. The molecule has 2 aromatic rings. The second-order valence-electron chi connectivity index (χ2n) is 8.67. The minimum absolute atomic E-state index is 0.117. The molecule has 2 aliphatic heterocycles. The van der Waals surface area contributed by atoms with Crippen molar-refractivity contribution in [3.05, 3.63) is 51.6 Å². The topological polar surface area (TPSA) is 151 Å². The Morgan fingerprint density at radius 2 is 2.19 bits per heavy atom. The normalized spacial score (nSPS) is 23.2. The summed E-state index contributed by atoms with van der Waals surface area (Å²) in [5.74, 6) is -2.22. The van der Waals surface area contributed by atoms with E-state index in [0.717, 1.165) is 37.0 Å². The van der Waals surface area contributed by atoms with E-state index in [2.05, 4.69) is 26.1 Å². The molecule has 11 nitrogen and oxygen atoms in total. The Morgan fingerprint density at radius 1 is 1.39 bits per heavy atom. The number of aliphatic carboxylic acids is 1. The number of aryl methyl sites for hydroxylation is 1. The molecule has 2 aromatic heterocycles. The third kappa shape index (κ3) is 4.32. The average molecular weight is 530 g/mol. The number of pyridine rings is 1. The number of nitrogens with two attached hydrogens (primary N) is 1. The van der Waals surface area contributed by atoms with Crippen LogP contribution in [0.5, 0.6) is 0 Å². The van der Waals surface area contributed by atoms with Crippen LogP contribution in [0, 0.1) is 0 Å². The van der Waals surface area contributed by atoms with Crippen LogP contribution in [0.3, 0.4) is 0 Å². The number of nitrogen functional groups attached to an aromatic ring is 1. The van der Waals surface area contributed by atoms with Crippen molar-refractivity contribution in [1.82, 2.24) is 15.2 Å². The molecule has 1 unspecified atom stereocenters. The van der Waals surface area contributed by atoms with Crippen molar-refractivity contribution < 1.29 is 28.9 Å². The molecule has 13 heteroatoms. The molecule has 3 aliphatic rings. The fraction of sp³-hybridized carbons (Fsp3) is 0.391. The summed E-state index contributed by atoms with van der Waals surface area (Å²) in [6.45, 7) is 0.385. The number of nitrogens with one attached hydrogen (secondary N) is 1. The molecule has 4 N–H and O–H groups in total. The van der Waals surface area contributed by atoms with E-state index in [4.69, 9.17) is 10.6 Å². The SMILES string of the molecule is CO/N=C(\C(=O)N[C@@H]1C(=O)N2C(C(=O)O)C(C[n+]3cccc4c3CCCC4)=CS[C@H]12)c1csc(N)n1. The van der Waals surface area contributed by atoms with Crippen molar-refractivity contribution in [2.24, 2.45) is 5.16 Å². The lowest BCUT2D eigenvalue weighted by molar-refractivity contribution is -0.697. The van der Waals surface area contributed by atoms with Crippen molar-refractivity contribution in [2.75, 3.05) is 12.8 Å². The number of hydrogen-bond acceptors (Lipinski definition) is 9. The van der Waals surface area contributed by atoms with Gasteiger partial charge in [0.05, 0.1) is 0 Å². The summed E-state index contributed by atoms with van der Waals surface area (Å²) in [5, 5.41) is 19.5. The van der Waals surface area contributed by atoms with Gasteiger partial charge in [0.1, 0.15) is 24.2 Å². The number of carboxylic acid groups (broad SMARTS) is 1. The summed E-state index contributed by atoms with van der Waals surface area (Å²) in [4.78, 5) is 48.5. The summed E-state index contributed by atoms with van der Waals surface area (Å²) in [7, 11) is 1.29. The highest BCUT2D eigenvalue weighted by atomic mass is 32.2. The highest BCUT2D eigenvalue weighted by Gasteiger charge is 2.56. The van der Waals surface area contributed by atoms with Crippen molar-refractivity contribution in [3.8, 4) is 0 Å². The van der Waals surface area contributed by atoms with Gasteiger partial charge in [0.25, 0.3) is 5.91 Å². The fourth-order valence-corrected chi connectivity index (χ4v) is 6.62. The number of carboxylic acids is 1. The molecule has 0 spiro atoms. The van der Waals surface area contributed by atoms with Crippen LogP contribution in [0.2, 0.25) is 0 Å². The zero-order valence-corrected chi connectivity index (χ0v) is 21.1. The van der Waals surface area contributed by atoms with E-state index in [-0.39, 0.29) is 16.5 Å². The standard InChI is InChI=1S/C23H24N6O5S2/c1-34-27-16(14-11-36-23(24)25-14)19(30)26-17-20(31)29-18(22(32)33)13(10-35-21(17)29)9-28-8-4-6-12-5-2-3-7-15(12)28/h4,6,8,10-11,17-18,21H,2-3,5,7,9H2,1H3,(H3-,24,25,26,30,32,33)/p+1/b27-16-/t17-,18?,21-/m1/s1. The maximum atomic E-state index is 13.1. The van der Waals surface area contributed by atoms with Crippen LogP contribution in [0.25, 0.3) is 0 Å². The van der Waals surface area contributed by atoms with E-state index in [1.54, 1.807) is 5.38 Å². The van der Waals surface area contributed by atoms with E-state index >= 15 is 0 Å². The van der Waals surface area contributed by atoms with Crippen molar-refractivity contribution in [3.63, 3.8) is 0 Å². The van der Waals surface area contributed by atoms with Gasteiger partial charge in [-0.25, -0.2) is 9.78 Å². The predicted molar refractivity (Wildman–Crippen MR) is 133 cm³/mol. The summed E-state index contributed by atoms with van der Waals surface area (Å²) >= 11 is 2.47. The molecular formula is C23H25N6O5S2+. The Hall–Kier alpha value is -3.45. The smallest absolute Gasteiger partial charge is 0.331 e. The molecule has 0 aromatic carbocycles. The minimum Gasteiger partial charge on any atom is -0.479 e. The first-order chi connectivity index (χ1) is 17.4. The third-order valence-corrected chi connectivity index (χ3v) is 8.39. The number of hydrogen-bond donors (Lipinski definition) is 3. The van der Waals surface area contributed by atoms with Crippen molar-refractivity contribution >= 4 is 51.7 Å². The van der Waals surface area contributed by atoms with Crippen molar-refractivity contribution in [1.29, 1.82) is 0 Å². The second kappa shape index (κ2) is 9.90. The van der Waals surface area contributed by atoms with Crippen LogP contribution in [-0.2, 0) is 38.6 Å². The number of carbonyl (C=O) groups is 3. The lowest BCUT2D eigenvalue weighted by Gasteiger charge is -2.51. The fourth-order valence-electron chi connectivity index (χ4n) is 4.86. The lowest BCUT2D eigenvalue weighted by atomic mass is 9.94. The largest absolute Gasteiger partial charge is 0.479 e. The Balaban J connectivity index is 1.35. The van der Waals surface area contributed by atoms with Crippen LogP contribution in [0.1, 0.15) is 29.8 Å². The minimum atomic E-state index is -1.10. The number of β-lactam (4-membered cyclic amide) rings is 1. The molecule has 1 saturated heterocycles. The molecule has 1 fully saturated rings. The lowest BCUT2D eigenvalue weighted by Crippen LogP contribution is -2.74. The van der Waals surface area contributed by atoms with Crippen LogP contribution in [0.4, 0.5) is 5.13 Å². The van der Waals surface area contributed by atoms with Crippen LogP contribution >= 0.6 is 23.1 Å². The van der Waals surface area contributed by atoms with E-state index in [1.165, 1.54) is 35.0 Å². The zero-order chi connectivity index (χ0) is 25.4. The number of fused-ring (bicyclic) bond motifs is 2. The van der Waals surface area contributed by atoms with E-state index in [0.29, 0.717) is 12.1 Å². The second-order valence-corrected chi connectivity index (χ2v) is 10.5. The Morgan fingerprint density at radius 3 is 2.92 bits per heavy atom. The highest BCUT2D eigenvalue weighted by Crippen LogP contribution is 2.40. The molecule has 2 amide bonds. The van der Waals surface area contributed by atoms with Crippen LogP contribution in [0.15, 0.2) is 39.8 Å². The molecule has 36 heavy (non-hydrogen) atoms. The molecule has 5 rings (SSSR count). The maximum Gasteiger partial charge on any atom is 0.331 e. The molecule has 188 valence electrons. The van der Waals surface area contributed by atoms with Gasteiger partial charge in [-0.05, 0) is 30.7 Å². The average Bonchev–Trinajstić information content (AvgIpc) is 3.31. The van der Waals surface area contributed by atoms with Gasteiger partial charge < -0.3 is 25.9 Å². The van der Waals surface area contributed by atoms with Gasteiger partial charge in [0.15, 0.2) is 35.3 Å². The van der Waals surface area contributed by atoms with Gasteiger partial charge in [0.2, 0.25) is 5.91 Å². The first-order valence-corrected chi connectivity index (χ1v) is 13.2. The third-order valence-electron chi connectivity index (χ3n) is 6.49. The zero-order valence-electron chi connectivity index (χ0n) is 19.4. The van der Waals surface area contributed by atoms with E-state index in [9.17, 15) is 19.5 Å². The first kappa shape index (κ1) is 24.3. The van der Waals surface area contributed by atoms with Gasteiger partial charge in [-0.2, -0.15) is 4.57 Å². The Bertz CT molecular complexity index is 1290. The molecular weight excluding hydrogens is 504 g/mol. The molecule has 0 radical (unpaired) electrons. The van der Waals surface area contributed by atoms with Gasteiger partial charge >= 0.3 is 5.97 Å². The molecule has 4 heterocycles. The maximum absolute atomic E-state index is 13.1. The Kier molecular flexibility index (Phi) is 6.67. The number of oxime groups is 1. The Labute approximate surface area is 215 Å². The molecule has 0 saturated carbocycles. The van der Waals surface area contributed by atoms with E-state index in [1.807, 2.05) is 17.7 Å². The quantitative estimate of drug-likeness (QED) is 0.205.